The van der Waals surface area contributed by atoms with Crippen LogP contribution in [0.5, 0.6) is 0 Å². The Hall–Kier alpha value is -1.54. The second-order valence-corrected chi connectivity index (χ2v) is 4.86. The molecule has 0 amide bonds. The molecule has 96 valence electrons. The molecule has 0 bridgehead atoms. The van der Waals surface area contributed by atoms with E-state index in [1.807, 2.05) is 0 Å². The average Bonchev–Trinajstić information content (AvgIpc) is 2.78. The predicted octanol–water partition coefficient (Wildman–Crippen LogP) is 3.57. The van der Waals surface area contributed by atoms with Gasteiger partial charge in [-0.1, -0.05) is 36.8 Å². The molecule has 1 aromatic heterocycles. The largest absolute Gasteiger partial charge is 0.353 e. The molecular formula is C16H22N2. The summed E-state index contributed by atoms with van der Waals surface area (Å²) >= 11 is 0. The van der Waals surface area contributed by atoms with Crippen molar-refractivity contribution >= 4 is 0 Å². The van der Waals surface area contributed by atoms with Crippen LogP contribution in [0, 0.1) is 6.92 Å². The number of aryl methyl sites for hydroxylation is 2. The fourth-order valence-electron chi connectivity index (χ4n) is 2.20. The molecule has 0 aliphatic carbocycles. The first-order valence-corrected chi connectivity index (χ1v) is 6.61. The van der Waals surface area contributed by atoms with Crippen LogP contribution in [0.2, 0.25) is 0 Å². The average molecular weight is 242 g/mol. The van der Waals surface area contributed by atoms with E-state index in [4.69, 9.17) is 0 Å². The van der Waals surface area contributed by atoms with Gasteiger partial charge in [-0.05, 0) is 31.0 Å². The van der Waals surface area contributed by atoms with E-state index >= 15 is 0 Å². The van der Waals surface area contributed by atoms with Gasteiger partial charge in [0.15, 0.2) is 0 Å². The van der Waals surface area contributed by atoms with Crippen molar-refractivity contribution in [2.45, 2.75) is 32.9 Å². The number of hydrogen-bond donors (Lipinski definition) is 1. The van der Waals surface area contributed by atoms with E-state index in [-0.39, 0.29) is 0 Å². The molecule has 1 heterocycles. The summed E-state index contributed by atoms with van der Waals surface area (Å²) in [5.41, 5.74) is 4.01. The molecule has 2 aromatic rings. The van der Waals surface area contributed by atoms with Crippen LogP contribution in [0.3, 0.4) is 0 Å². The number of nitrogens with one attached hydrogen (secondary N) is 1. The van der Waals surface area contributed by atoms with Gasteiger partial charge >= 0.3 is 0 Å². The lowest BCUT2D eigenvalue weighted by atomic mass is 10.0. The Kier molecular flexibility index (Phi) is 4.21. The Morgan fingerprint density at radius 1 is 1.17 bits per heavy atom. The molecule has 1 aromatic carbocycles. The highest BCUT2D eigenvalue weighted by Gasteiger charge is 2.08. The topological polar surface area (TPSA) is 17.0 Å². The summed E-state index contributed by atoms with van der Waals surface area (Å²) < 4.78 is 2.16. The summed E-state index contributed by atoms with van der Waals surface area (Å²) in [6.45, 7) is 5.26. The molecule has 0 fully saturated rings. The third kappa shape index (κ3) is 3.02. The molecule has 18 heavy (non-hydrogen) atoms. The third-order valence-corrected chi connectivity index (χ3v) is 3.47. The molecule has 0 spiro atoms. The molecule has 1 atom stereocenters. The van der Waals surface area contributed by atoms with E-state index in [0.29, 0.717) is 6.04 Å². The van der Waals surface area contributed by atoms with E-state index in [1.165, 1.54) is 16.8 Å². The SMILES string of the molecule is CCC(NCc1cccn1C)c1ccc(C)cc1. The maximum absolute atomic E-state index is 3.63. The summed E-state index contributed by atoms with van der Waals surface area (Å²) in [6.07, 6.45) is 3.19. The quantitative estimate of drug-likeness (QED) is 0.848. The first kappa shape index (κ1) is 12.9. The second kappa shape index (κ2) is 5.87. The monoisotopic (exact) mass is 242 g/mol. The van der Waals surface area contributed by atoms with Crippen molar-refractivity contribution in [3.63, 3.8) is 0 Å². The van der Waals surface area contributed by atoms with Crippen LogP contribution >= 0.6 is 0 Å². The highest BCUT2D eigenvalue weighted by atomic mass is 15.0. The van der Waals surface area contributed by atoms with Gasteiger partial charge in [0.25, 0.3) is 0 Å². The van der Waals surface area contributed by atoms with Crippen molar-refractivity contribution in [3.8, 4) is 0 Å². The second-order valence-electron chi connectivity index (χ2n) is 4.86. The van der Waals surface area contributed by atoms with Crippen LogP contribution in [0.15, 0.2) is 42.6 Å². The normalized spacial score (nSPS) is 12.6. The molecule has 2 nitrogen and oxygen atoms in total. The van der Waals surface area contributed by atoms with Gasteiger partial charge in [0.05, 0.1) is 0 Å². The first-order chi connectivity index (χ1) is 8.70. The summed E-state index contributed by atoms with van der Waals surface area (Å²) in [5, 5.41) is 3.63. The molecule has 1 unspecified atom stereocenters. The predicted molar refractivity (Wildman–Crippen MR) is 76.5 cm³/mol. The van der Waals surface area contributed by atoms with E-state index in [2.05, 4.69) is 73.4 Å². The summed E-state index contributed by atoms with van der Waals surface area (Å²) in [7, 11) is 2.09. The van der Waals surface area contributed by atoms with E-state index < -0.39 is 0 Å². The molecule has 0 radical (unpaired) electrons. The van der Waals surface area contributed by atoms with Gasteiger partial charge in [-0.3, -0.25) is 0 Å². The summed E-state index contributed by atoms with van der Waals surface area (Å²) in [6, 6.07) is 13.5. The van der Waals surface area contributed by atoms with Crippen LogP contribution < -0.4 is 5.32 Å². The van der Waals surface area contributed by atoms with Gasteiger partial charge in [0.1, 0.15) is 0 Å². The Labute approximate surface area is 110 Å². The van der Waals surface area contributed by atoms with Crippen molar-refractivity contribution in [1.29, 1.82) is 0 Å². The van der Waals surface area contributed by atoms with Gasteiger partial charge in [-0.15, -0.1) is 0 Å². The van der Waals surface area contributed by atoms with Crippen molar-refractivity contribution in [1.82, 2.24) is 9.88 Å². The highest BCUT2D eigenvalue weighted by Crippen LogP contribution is 2.17. The Morgan fingerprint density at radius 3 is 2.44 bits per heavy atom. The zero-order chi connectivity index (χ0) is 13.0. The zero-order valence-corrected chi connectivity index (χ0v) is 11.5. The molecule has 0 aliphatic heterocycles. The smallest absolute Gasteiger partial charge is 0.0364 e. The molecule has 0 saturated carbocycles. The highest BCUT2D eigenvalue weighted by molar-refractivity contribution is 5.24. The number of rotatable bonds is 5. The summed E-state index contributed by atoms with van der Waals surface area (Å²) in [5.74, 6) is 0. The van der Waals surface area contributed by atoms with Crippen molar-refractivity contribution in [2.24, 2.45) is 7.05 Å². The Morgan fingerprint density at radius 2 is 1.89 bits per heavy atom. The van der Waals surface area contributed by atoms with Crippen LogP contribution in [-0.2, 0) is 13.6 Å². The van der Waals surface area contributed by atoms with Gasteiger partial charge in [-0.2, -0.15) is 0 Å². The Balaban J connectivity index is 2.01. The Bertz CT molecular complexity index is 482. The van der Waals surface area contributed by atoms with Crippen molar-refractivity contribution in [3.05, 3.63) is 59.4 Å². The van der Waals surface area contributed by atoms with E-state index in [1.54, 1.807) is 0 Å². The number of nitrogens with zero attached hydrogens (tertiary/aromatic N) is 1. The molecule has 0 aliphatic rings. The lowest BCUT2D eigenvalue weighted by molar-refractivity contribution is 0.508. The minimum absolute atomic E-state index is 0.431. The summed E-state index contributed by atoms with van der Waals surface area (Å²) in [4.78, 5) is 0. The molecule has 0 saturated heterocycles. The van der Waals surface area contributed by atoms with Crippen LogP contribution in [-0.4, -0.2) is 4.57 Å². The van der Waals surface area contributed by atoms with Gasteiger partial charge in [0.2, 0.25) is 0 Å². The van der Waals surface area contributed by atoms with Crippen molar-refractivity contribution < 1.29 is 0 Å². The first-order valence-electron chi connectivity index (χ1n) is 6.61. The van der Waals surface area contributed by atoms with Gasteiger partial charge in [-0.25, -0.2) is 0 Å². The molecule has 2 rings (SSSR count). The fourth-order valence-corrected chi connectivity index (χ4v) is 2.20. The standard InChI is InChI=1S/C16H22N2/c1-4-16(14-9-7-13(2)8-10-14)17-12-15-6-5-11-18(15)3/h5-11,16-17H,4,12H2,1-3H3. The van der Waals surface area contributed by atoms with E-state index in [0.717, 1.165) is 13.0 Å². The molecular weight excluding hydrogens is 220 g/mol. The van der Waals surface area contributed by atoms with Gasteiger partial charge < -0.3 is 9.88 Å². The zero-order valence-electron chi connectivity index (χ0n) is 11.5. The molecule has 1 N–H and O–H groups in total. The van der Waals surface area contributed by atoms with Crippen LogP contribution in [0.25, 0.3) is 0 Å². The van der Waals surface area contributed by atoms with Crippen LogP contribution in [0.4, 0.5) is 0 Å². The van der Waals surface area contributed by atoms with Crippen molar-refractivity contribution in [2.75, 3.05) is 0 Å². The van der Waals surface area contributed by atoms with Gasteiger partial charge in [0, 0.05) is 31.5 Å². The van der Waals surface area contributed by atoms with E-state index in [9.17, 15) is 0 Å². The lowest BCUT2D eigenvalue weighted by Crippen LogP contribution is -2.21. The number of aromatic nitrogens is 1. The minimum atomic E-state index is 0.431. The minimum Gasteiger partial charge on any atom is -0.353 e. The number of benzene rings is 1. The maximum Gasteiger partial charge on any atom is 0.0364 e. The third-order valence-electron chi connectivity index (χ3n) is 3.47. The van der Waals surface area contributed by atoms with Crippen LogP contribution in [0.1, 0.15) is 36.2 Å². The number of hydrogen-bond acceptors (Lipinski definition) is 1. The maximum atomic E-state index is 3.63. The molecule has 2 heteroatoms. The fraction of sp³-hybridized carbons (Fsp3) is 0.375. The lowest BCUT2D eigenvalue weighted by Gasteiger charge is -2.18.